The van der Waals surface area contributed by atoms with Crippen LogP contribution in [0.25, 0.3) is 0 Å². The molecule has 3 aromatic carbocycles. The zero-order valence-corrected chi connectivity index (χ0v) is 16.1. The lowest BCUT2D eigenvalue weighted by molar-refractivity contribution is 0.730. The first kappa shape index (κ1) is 18.8. The second kappa shape index (κ2) is 9.64. The van der Waals surface area contributed by atoms with Gasteiger partial charge in [0.25, 0.3) is 0 Å². The van der Waals surface area contributed by atoms with Gasteiger partial charge in [0.1, 0.15) is 0 Å². The van der Waals surface area contributed by atoms with Gasteiger partial charge in [-0.05, 0) is 28.9 Å². The van der Waals surface area contributed by atoms with Crippen LogP contribution in [0, 0.1) is 6.92 Å². The lowest BCUT2D eigenvalue weighted by Gasteiger charge is -2.35. The Labute approximate surface area is 162 Å². The van der Waals surface area contributed by atoms with Crippen LogP contribution >= 0.6 is 11.8 Å². The van der Waals surface area contributed by atoms with E-state index < -0.39 is 0 Å². The Kier molecular flexibility index (Phi) is 6.96. The molecule has 0 unspecified atom stereocenters. The van der Waals surface area contributed by atoms with Crippen LogP contribution in [0.3, 0.4) is 0 Å². The van der Waals surface area contributed by atoms with E-state index in [4.69, 9.17) is 0 Å². The first-order valence-corrected chi connectivity index (χ1v) is 10.5. The van der Waals surface area contributed by atoms with E-state index in [0.29, 0.717) is 0 Å². The maximum Gasteiger partial charge on any atom is 0.0906 e. The first-order valence-electron chi connectivity index (χ1n) is 9.47. The number of unbranched alkanes of at least 4 members (excludes halogenated alkanes) is 3. The molecule has 0 aliphatic rings. The molecule has 3 rings (SSSR count). The van der Waals surface area contributed by atoms with E-state index in [1.165, 1.54) is 36.0 Å². The summed E-state index contributed by atoms with van der Waals surface area (Å²) in [5.41, 5.74) is 4.04. The molecule has 26 heavy (non-hydrogen) atoms. The van der Waals surface area contributed by atoms with Crippen LogP contribution in [-0.2, 0) is 4.75 Å². The van der Waals surface area contributed by atoms with Crippen molar-refractivity contribution in [2.45, 2.75) is 30.4 Å². The fraction of sp³-hybridized carbons (Fsp3) is 0.240. The Morgan fingerprint density at radius 3 is 1.38 bits per heavy atom. The van der Waals surface area contributed by atoms with Crippen molar-refractivity contribution >= 4 is 11.8 Å². The summed E-state index contributed by atoms with van der Waals surface area (Å²) in [4.78, 5) is 0. The van der Waals surface area contributed by atoms with Crippen molar-refractivity contribution in [3.8, 4) is 0 Å². The first-order chi connectivity index (χ1) is 12.9. The van der Waals surface area contributed by atoms with Crippen molar-refractivity contribution in [2.75, 3.05) is 5.75 Å². The topological polar surface area (TPSA) is 0 Å². The van der Waals surface area contributed by atoms with Crippen LogP contribution in [0.1, 0.15) is 42.4 Å². The highest BCUT2D eigenvalue weighted by atomic mass is 32.2. The molecular weight excluding hydrogens is 332 g/mol. The zero-order chi connectivity index (χ0) is 18.1. The van der Waals surface area contributed by atoms with E-state index in [0.717, 1.165) is 12.2 Å². The molecule has 0 heterocycles. The molecule has 0 aromatic heterocycles. The normalized spacial score (nSPS) is 11.4. The molecule has 0 spiro atoms. The Bertz CT molecular complexity index is 653. The fourth-order valence-corrected chi connectivity index (χ4v) is 5.01. The molecule has 0 fully saturated rings. The van der Waals surface area contributed by atoms with Crippen LogP contribution in [0.5, 0.6) is 0 Å². The maximum atomic E-state index is 3.97. The smallest absolute Gasteiger partial charge is 0.0906 e. The third kappa shape index (κ3) is 4.22. The van der Waals surface area contributed by atoms with E-state index in [2.05, 4.69) is 110 Å². The fourth-order valence-electron chi connectivity index (χ4n) is 3.45. The second-order valence-electron chi connectivity index (χ2n) is 6.54. The van der Waals surface area contributed by atoms with Crippen molar-refractivity contribution in [2.24, 2.45) is 0 Å². The molecule has 1 heteroatoms. The average Bonchev–Trinajstić information content (AvgIpc) is 2.73. The molecule has 0 saturated carbocycles. The lowest BCUT2D eigenvalue weighted by atomic mass is 9.84. The van der Waals surface area contributed by atoms with Crippen LogP contribution in [0.2, 0.25) is 0 Å². The van der Waals surface area contributed by atoms with Crippen molar-refractivity contribution in [3.63, 3.8) is 0 Å². The third-order valence-electron chi connectivity index (χ3n) is 4.75. The van der Waals surface area contributed by atoms with Gasteiger partial charge in [-0.25, -0.2) is 0 Å². The van der Waals surface area contributed by atoms with Gasteiger partial charge in [0, 0.05) is 0 Å². The van der Waals surface area contributed by atoms with E-state index in [1.54, 1.807) is 0 Å². The largest absolute Gasteiger partial charge is 0.141 e. The molecule has 0 aliphatic carbocycles. The predicted molar refractivity (Wildman–Crippen MR) is 115 cm³/mol. The van der Waals surface area contributed by atoms with E-state index in [9.17, 15) is 0 Å². The van der Waals surface area contributed by atoms with E-state index in [1.807, 2.05) is 0 Å². The standard InChI is InChI=1S/C25H27S/c1-2-3-4-14-21-26-25(22-15-8-5-9-16-22,23-17-10-6-11-18-23)24-19-12-7-13-20-24/h5-13,15-20H,1-4,14,21H2. The van der Waals surface area contributed by atoms with Crippen molar-refractivity contribution in [3.05, 3.63) is 115 Å². The second-order valence-corrected chi connectivity index (χ2v) is 7.85. The summed E-state index contributed by atoms with van der Waals surface area (Å²) in [6, 6.07) is 32.8. The summed E-state index contributed by atoms with van der Waals surface area (Å²) in [7, 11) is 0. The van der Waals surface area contributed by atoms with E-state index >= 15 is 0 Å². The van der Waals surface area contributed by atoms with Crippen LogP contribution < -0.4 is 0 Å². The van der Waals surface area contributed by atoms with Crippen molar-refractivity contribution in [1.29, 1.82) is 0 Å². The van der Waals surface area contributed by atoms with Gasteiger partial charge in [0.2, 0.25) is 0 Å². The van der Waals surface area contributed by atoms with Gasteiger partial charge in [-0.1, -0.05) is 117 Å². The Morgan fingerprint density at radius 2 is 1.00 bits per heavy atom. The number of hydrogen-bond donors (Lipinski definition) is 0. The molecule has 133 valence electrons. The van der Waals surface area contributed by atoms with Gasteiger partial charge in [0.15, 0.2) is 0 Å². The Hall–Kier alpha value is -1.99. The molecule has 0 amide bonds. The van der Waals surface area contributed by atoms with Gasteiger partial charge in [0.05, 0.1) is 4.75 Å². The minimum Gasteiger partial charge on any atom is -0.141 e. The highest BCUT2D eigenvalue weighted by Crippen LogP contribution is 2.48. The number of benzene rings is 3. The summed E-state index contributed by atoms with van der Waals surface area (Å²) < 4.78 is -0.172. The van der Waals surface area contributed by atoms with Crippen molar-refractivity contribution in [1.82, 2.24) is 0 Å². The van der Waals surface area contributed by atoms with E-state index in [-0.39, 0.29) is 4.75 Å². The summed E-state index contributed by atoms with van der Waals surface area (Å²) in [5.74, 6) is 1.14. The molecule has 0 N–H and O–H groups in total. The molecule has 0 nitrogen and oxygen atoms in total. The average molecular weight is 360 g/mol. The van der Waals surface area contributed by atoms with Gasteiger partial charge in [-0.2, -0.15) is 0 Å². The predicted octanol–water partition coefficient (Wildman–Crippen LogP) is 7.11. The zero-order valence-electron chi connectivity index (χ0n) is 15.3. The lowest BCUT2D eigenvalue weighted by Crippen LogP contribution is -2.26. The molecular formula is C25H27S. The highest BCUT2D eigenvalue weighted by Gasteiger charge is 2.36. The molecule has 1 radical (unpaired) electrons. The molecule has 3 aromatic rings. The minimum absolute atomic E-state index is 0.172. The monoisotopic (exact) mass is 359 g/mol. The number of thioether (sulfide) groups is 1. The van der Waals surface area contributed by atoms with Gasteiger partial charge >= 0.3 is 0 Å². The number of hydrogen-bond acceptors (Lipinski definition) is 1. The summed E-state index contributed by atoms with van der Waals surface area (Å²) in [6.07, 6.45) is 4.74. The molecule has 0 saturated heterocycles. The molecule has 0 aliphatic heterocycles. The van der Waals surface area contributed by atoms with Crippen molar-refractivity contribution < 1.29 is 0 Å². The van der Waals surface area contributed by atoms with Crippen LogP contribution in [0.15, 0.2) is 91.0 Å². The van der Waals surface area contributed by atoms with Crippen LogP contribution in [0.4, 0.5) is 0 Å². The summed E-state index contributed by atoms with van der Waals surface area (Å²) in [6.45, 7) is 3.97. The van der Waals surface area contributed by atoms with Gasteiger partial charge < -0.3 is 0 Å². The highest BCUT2D eigenvalue weighted by molar-refractivity contribution is 8.00. The minimum atomic E-state index is -0.172. The quantitative estimate of drug-likeness (QED) is 0.290. The molecule has 0 bridgehead atoms. The number of rotatable bonds is 9. The summed E-state index contributed by atoms with van der Waals surface area (Å²) in [5, 5.41) is 0. The SMILES string of the molecule is [CH2]CCCCCSC(c1ccccc1)(c1ccccc1)c1ccccc1. The third-order valence-corrected chi connectivity index (χ3v) is 6.39. The molecule has 0 atom stereocenters. The van der Waals surface area contributed by atoms with Crippen LogP contribution in [-0.4, -0.2) is 5.75 Å². The van der Waals surface area contributed by atoms with Gasteiger partial charge in [-0.15, -0.1) is 11.8 Å². The van der Waals surface area contributed by atoms with Gasteiger partial charge in [-0.3, -0.25) is 0 Å². The maximum absolute atomic E-state index is 3.97. The Morgan fingerprint density at radius 1 is 0.577 bits per heavy atom. The Balaban J connectivity index is 2.06. The summed E-state index contributed by atoms with van der Waals surface area (Å²) >= 11 is 2.06.